The van der Waals surface area contributed by atoms with Crippen LogP contribution in [0.4, 0.5) is 11.5 Å². The standard InChI is InChI=1S/C22H24ClN5O3/c1-28(2)15-8-5-13(6-9-15)21(29)27-19-18-16(4-3-11-24-18)31-20(19)22(30)26-17-10-7-14(23)12-25-17/h3-4,7,10-13,15H,5-6,8-9H2,1-2H3,(H,27,29)(H,25,26,30)/t13-,15-. The number of furan rings is 1. The lowest BCUT2D eigenvalue weighted by molar-refractivity contribution is -0.121. The van der Waals surface area contributed by atoms with Gasteiger partial charge in [0.2, 0.25) is 11.7 Å². The normalized spacial score (nSPS) is 18.8. The van der Waals surface area contributed by atoms with Gasteiger partial charge >= 0.3 is 0 Å². The number of anilines is 2. The Kier molecular flexibility index (Phi) is 6.20. The van der Waals surface area contributed by atoms with Gasteiger partial charge in [0, 0.05) is 24.4 Å². The Balaban J connectivity index is 1.56. The van der Waals surface area contributed by atoms with E-state index in [0.29, 0.717) is 28.0 Å². The summed E-state index contributed by atoms with van der Waals surface area (Å²) in [5.74, 6) is -0.453. The Morgan fingerprint density at radius 2 is 1.87 bits per heavy atom. The highest BCUT2D eigenvalue weighted by Gasteiger charge is 2.30. The highest BCUT2D eigenvalue weighted by atomic mass is 35.5. The minimum Gasteiger partial charge on any atom is -0.447 e. The Hall–Kier alpha value is -2.97. The van der Waals surface area contributed by atoms with Crippen molar-refractivity contribution in [3.05, 3.63) is 47.4 Å². The molecule has 1 aliphatic rings. The molecule has 0 bridgehead atoms. The van der Waals surface area contributed by atoms with E-state index < -0.39 is 5.91 Å². The number of nitrogens with one attached hydrogen (secondary N) is 2. The number of carbonyl (C=O) groups is 2. The molecule has 162 valence electrons. The molecular formula is C22H24ClN5O3. The second-order valence-electron chi connectivity index (χ2n) is 7.93. The van der Waals surface area contributed by atoms with E-state index in [2.05, 4.69) is 39.6 Å². The van der Waals surface area contributed by atoms with Gasteiger partial charge in [-0.15, -0.1) is 0 Å². The molecule has 4 rings (SSSR count). The molecule has 1 fully saturated rings. The van der Waals surface area contributed by atoms with E-state index in [1.807, 2.05) is 0 Å². The van der Waals surface area contributed by atoms with Crippen LogP contribution in [0.25, 0.3) is 11.1 Å². The zero-order chi connectivity index (χ0) is 22.0. The lowest BCUT2D eigenvalue weighted by Gasteiger charge is -2.31. The summed E-state index contributed by atoms with van der Waals surface area (Å²) in [6.45, 7) is 0. The van der Waals surface area contributed by atoms with E-state index in [1.54, 1.807) is 30.5 Å². The molecule has 31 heavy (non-hydrogen) atoms. The number of carbonyl (C=O) groups excluding carboxylic acids is 2. The van der Waals surface area contributed by atoms with E-state index in [1.165, 1.54) is 6.20 Å². The highest BCUT2D eigenvalue weighted by molar-refractivity contribution is 6.30. The van der Waals surface area contributed by atoms with E-state index >= 15 is 0 Å². The molecule has 2 amide bonds. The summed E-state index contributed by atoms with van der Waals surface area (Å²) in [6.07, 6.45) is 6.56. The summed E-state index contributed by atoms with van der Waals surface area (Å²) in [4.78, 5) is 36.5. The lowest BCUT2D eigenvalue weighted by atomic mass is 9.85. The number of pyridine rings is 2. The largest absolute Gasteiger partial charge is 0.447 e. The third kappa shape index (κ3) is 4.70. The molecule has 0 aliphatic heterocycles. The van der Waals surface area contributed by atoms with Gasteiger partial charge in [-0.05, 0) is 64.0 Å². The third-order valence-corrected chi connectivity index (χ3v) is 5.89. The predicted octanol–water partition coefficient (Wildman–Crippen LogP) is 4.19. The first-order chi connectivity index (χ1) is 14.9. The van der Waals surface area contributed by atoms with Crippen LogP contribution in [0, 0.1) is 5.92 Å². The molecule has 0 unspecified atom stereocenters. The minimum absolute atomic E-state index is 0.0132. The molecule has 3 aromatic rings. The molecule has 0 aromatic carbocycles. The molecule has 1 saturated carbocycles. The van der Waals surface area contributed by atoms with Gasteiger partial charge in [-0.2, -0.15) is 0 Å². The average Bonchev–Trinajstić information content (AvgIpc) is 3.14. The van der Waals surface area contributed by atoms with Gasteiger partial charge < -0.3 is 20.0 Å². The number of fused-ring (bicyclic) bond motifs is 1. The fourth-order valence-electron chi connectivity index (χ4n) is 3.91. The topological polar surface area (TPSA) is 100 Å². The summed E-state index contributed by atoms with van der Waals surface area (Å²) < 4.78 is 5.74. The van der Waals surface area contributed by atoms with Gasteiger partial charge in [-0.1, -0.05) is 11.6 Å². The molecule has 1 aliphatic carbocycles. The van der Waals surface area contributed by atoms with E-state index in [9.17, 15) is 9.59 Å². The van der Waals surface area contributed by atoms with E-state index in [4.69, 9.17) is 16.0 Å². The van der Waals surface area contributed by atoms with Crippen LogP contribution in [0.15, 0.2) is 41.1 Å². The Morgan fingerprint density at radius 3 is 2.55 bits per heavy atom. The molecule has 0 saturated heterocycles. The molecule has 3 aromatic heterocycles. The van der Waals surface area contributed by atoms with E-state index in [-0.39, 0.29) is 23.3 Å². The fourth-order valence-corrected chi connectivity index (χ4v) is 4.02. The van der Waals surface area contributed by atoms with Crippen LogP contribution in [0.2, 0.25) is 5.02 Å². The first kappa shape index (κ1) is 21.3. The van der Waals surface area contributed by atoms with Crippen molar-refractivity contribution >= 4 is 46.0 Å². The summed E-state index contributed by atoms with van der Waals surface area (Å²) >= 11 is 5.85. The van der Waals surface area contributed by atoms with Crippen LogP contribution in [0.3, 0.4) is 0 Å². The van der Waals surface area contributed by atoms with Crippen molar-refractivity contribution in [3.8, 4) is 0 Å². The highest BCUT2D eigenvalue weighted by Crippen LogP contribution is 2.32. The van der Waals surface area contributed by atoms with Crippen molar-refractivity contribution in [2.45, 2.75) is 31.7 Å². The van der Waals surface area contributed by atoms with Crippen molar-refractivity contribution in [1.29, 1.82) is 0 Å². The summed E-state index contributed by atoms with van der Waals surface area (Å²) in [6, 6.07) is 7.12. The molecular weight excluding hydrogens is 418 g/mol. The number of hydrogen-bond donors (Lipinski definition) is 2. The van der Waals surface area contributed by atoms with Crippen LogP contribution < -0.4 is 10.6 Å². The van der Waals surface area contributed by atoms with Gasteiger partial charge in [0.05, 0.1) is 5.02 Å². The quantitative estimate of drug-likeness (QED) is 0.615. The van der Waals surface area contributed by atoms with Crippen molar-refractivity contribution in [3.63, 3.8) is 0 Å². The molecule has 0 spiro atoms. The lowest BCUT2D eigenvalue weighted by Crippen LogP contribution is -2.35. The molecule has 2 N–H and O–H groups in total. The van der Waals surface area contributed by atoms with Gasteiger partial charge in [0.1, 0.15) is 17.0 Å². The smallest absolute Gasteiger partial charge is 0.294 e. The SMILES string of the molecule is CN(C)[C@H]1CC[C@H](C(=O)Nc2c(C(=O)Nc3ccc(Cl)cn3)oc3cccnc23)CC1. The summed E-state index contributed by atoms with van der Waals surface area (Å²) in [5.41, 5.74) is 1.14. The fraction of sp³-hybridized carbons (Fsp3) is 0.364. The van der Waals surface area contributed by atoms with Crippen LogP contribution in [-0.4, -0.2) is 46.8 Å². The van der Waals surface area contributed by atoms with Crippen LogP contribution in [0.1, 0.15) is 36.2 Å². The number of halogens is 1. The van der Waals surface area contributed by atoms with Crippen LogP contribution in [-0.2, 0) is 4.79 Å². The monoisotopic (exact) mass is 441 g/mol. The Morgan fingerprint density at radius 1 is 1.10 bits per heavy atom. The predicted molar refractivity (Wildman–Crippen MR) is 119 cm³/mol. The number of hydrogen-bond acceptors (Lipinski definition) is 6. The number of nitrogens with zero attached hydrogens (tertiary/aromatic N) is 3. The van der Waals surface area contributed by atoms with Crippen molar-refractivity contribution in [2.24, 2.45) is 5.92 Å². The van der Waals surface area contributed by atoms with Crippen molar-refractivity contribution in [1.82, 2.24) is 14.9 Å². The molecule has 3 heterocycles. The number of amides is 2. The first-order valence-corrected chi connectivity index (χ1v) is 10.6. The zero-order valence-corrected chi connectivity index (χ0v) is 18.1. The van der Waals surface area contributed by atoms with Crippen LogP contribution >= 0.6 is 11.6 Å². The maximum absolute atomic E-state index is 13.0. The number of rotatable bonds is 5. The van der Waals surface area contributed by atoms with Gasteiger partial charge in [0.15, 0.2) is 5.58 Å². The first-order valence-electron chi connectivity index (χ1n) is 10.2. The van der Waals surface area contributed by atoms with Gasteiger partial charge in [-0.3, -0.25) is 14.6 Å². The van der Waals surface area contributed by atoms with Crippen LogP contribution in [0.5, 0.6) is 0 Å². The minimum atomic E-state index is -0.528. The third-order valence-electron chi connectivity index (χ3n) is 5.67. The molecule has 9 heteroatoms. The number of aromatic nitrogens is 2. The summed E-state index contributed by atoms with van der Waals surface area (Å²) in [5, 5.41) is 6.04. The molecule has 0 atom stereocenters. The second kappa shape index (κ2) is 9.03. The maximum Gasteiger partial charge on any atom is 0.294 e. The van der Waals surface area contributed by atoms with Gasteiger partial charge in [-0.25, -0.2) is 4.98 Å². The molecule has 8 nitrogen and oxygen atoms in total. The maximum atomic E-state index is 13.0. The second-order valence-corrected chi connectivity index (χ2v) is 8.37. The molecule has 0 radical (unpaired) electrons. The Bertz CT molecular complexity index is 1090. The Labute approximate surface area is 185 Å². The average molecular weight is 442 g/mol. The van der Waals surface area contributed by atoms with Gasteiger partial charge in [0.25, 0.3) is 5.91 Å². The summed E-state index contributed by atoms with van der Waals surface area (Å²) in [7, 11) is 4.13. The zero-order valence-electron chi connectivity index (χ0n) is 17.4. The van der Waals surface area contributed by atoms with Crippen molar-refractivity contribution in [2.75, 3.05) is 24.7 Å². The van der Waals surface area contributed by atoms with Crippen molar-refractivity contribution < 1.29 is 14.0 Å². The van der Waals surface area contributed by atoms with E-state index in [0.717, 1.165) is 25.7 Å².